The zero-order valence-corrected chi connectivity index (χ0v) is 27.8. The molecular formula is C35H37Cl2N3O4S. The summed E-state index contributed by atoms with van der Waals surface area (Å²) in [5.41, 5.74) is 2.44. The van der Waals surface area contributed by atoms with E-state index in [4.69, 9.17) is 23.2 Å². The van der Waals surface area contributed by atoms with E-state index < -0.39 is 28.5 Å². The van der Waals surface area contributed by atoms with Gasteiger partial charge < -0.3 is 10.2 Å². The van der Waals surface area contributed by atoms with Gasteiger partial charge in [-0.25, -0.2) is 8.42 Å². The normalized spacial score (nSPS) is 12.6. The minimum absolute atomic E-state index is 0.0314. The predicted molar refractivity (Wildman–Crippen MR) is 181 cm³/mol. The van der Waals surface area contributed by atoms with E-state index in [1.165, 1.54) is 17.0 Å². The third-order valence-electron chi connectivity index (χ3n) is 7.55. The Labute approximate surface area is 275 Å². The summed E-state index contributed by atoms with van der Waals surface area (Å²) in [6.45, 7) is 5.08. The lowest BCUT2D eigenvalue weighted by Crippen LogP contribution is -2.54. The molecule has 2 atom stereocenters. The lowest BCUT2D eigenvalue weighted by molar-refractivity contribution is -0.140. The molecule has 0 aliphatic carbocycles. The van der Waals surface area contributed by atoms with Crippen LogP contribution in [-0.2, 0) is 32.6 Å². The van der Waals surface area contributed by atoms with Gasteiger partial charge in [0.15, 0.2) is 0 Å². The third kappa shape index (κ3) is 8.87. The van der Waals surface area contributed by atoms with E-state index in [0.29, 0.717) is 33.3 Å². The van der Waals surface area contributed by atoms with Crippen molar-refractivity contribution in [3.05, 3.63) is 130 Å². The predicted octanol–water partition coefficient (Wildman–Crippen LogP) is 7.05. The number of nitrogens with one attached hydrogen (secondary N) is 1. The molecule has 7 nitrogen and oxygen atoms in total. The van der Waals surface area contributed by atoms with E-state index in [0.717, 1.165) is 9.87 Å². The van der Waals surface area contributed by atoms with Gasteiger partial charge in [0.1, 0.15) is 12.6 Å². The van der Waals surface area contributed by atoms with Crippen LogP contribution >= 0.6 is 23.2 Å². The number of carbonyl (C=O) groups excluding carboxylic acids is 2. The quantitative estimate of drug-likeness (QED) is 0.166. The summed E-state index contributed by atoms with van der Waals surface area (Å²) >= 11 is 12.5. The molecule has 0 fully saturated rings. The van der Waals surface area contributed by atoms with Gasteiger partial charge in [0.05, 0.1) is 10.6 Å². The zero-order chi connectivity index (χ0) is 32.6. The first-order valence-corrected chi connectivity index (χ1v) is 16.9. The number of hydrogen-bond acceptors (Lipinski definition) is 4. The monoisotopic (exact) mass is 665 g/mol. The number of benzene rings is 4. The van der Waals surface area contributed by atoms with Gasteiger partial charge in [-0.05, 0) is 79.4 Å². The summed E-state index contributed by atoms with van der Waals surface area (Å²) in [5, 5.41) is 3.95. The van der Waals surface area contributed by atoms with E-state index >= 15 is 0 Å². The van der Waals surface area contributed by atoms with Crippen molar-refractivity contribution in [2.75, 3.05) is 10.8 Å². The molecule has 0 aliphatic heterocycles. The van der Waals surface area contributed by atoms with Gasteiger partial charge in [0.2, 0.25) is 11.8 Å². The lowest BCUT2D eigenvalue weighted by Gasteiger charge is -2.34. The first-order chi connectivity index (χ1) is 21.5. The highest BCUT2D eigenvalue weighted by Crippen LogP contribution is 2.30. The molecule has 4 aromatic carbocycles. The Morgan fingerprint density at radius 3 is 2.07 bits per heavy atom. The summed E-state index contributed by atoms with van der Waals surface area (Å²) in [4.78, 5) is 29.9. The third-order valence-corrected chi connectivity index (χ3v) is 9.80. The molecule has 1 N–H and O–H groups in total. The second-order valence-corrected chi connectivity index (χ2v) is 13.7. The van der Waals surface area contributed by atoms with Crippen LogP contribution in [0.1, 0.15) is 37.0 Å². The first kappa shape index (κ1) is 34.0. The smallest absolute Gasteiger partial charge is 0.264 e. The van der Waals surface area contributed by atoms with Crippen molar-refractivity contribution < 1.29 is 18.0 Å². The number of nitrogens with zero attached hydrogens (tertiary/aromatic N) is 2. The van der Waals surface area contributed by atoms with Crippen molar-refractivity contribution >= 4 is 50.7 Å². The Morgan fingerprint density at radius 2 is 1.44 bits per heavy atom. The minimum atomic E-state index is -4.20. The molecule has 0 saturated heterocycles. The minimum Gasteiger partial charge on any atom is -0.352 e. The summed E-state index contributed by atoms with van der Waals surface area (Å²) in [7, 11) is -4.20. The summed E-state index contributed by atoms with van der Waals surface area (Å²) in [6.07, 6.45) is 0.922. The van der Waals surface area contributed by atoms with Crippen molar-refractivity contribution in [1.82, 2.24) is 10.2 Å². The number of hydrogen-bond donors (Lipinski definition) is 1. The fraction of sp³-hybridized carbons (Fsp3) is 0.257. The van der Waals surface area contributed by atoms with Crippen molar-refractivity contribution in [3.8, 4) is 0 Å². The Morgan fingerprint density at radius 1 is 0.822 bits per heavy atom. The molecule has 2 amide bonds. The maximum absolute atomic E-state index is 14.5. The largest absolute Gasteiger partial charge is 0.352 e. The standard InChI is InChI=1S/C35H37Cl2N3O4S/c1-4-26(3)38-35(42)33(22-27-12-7-5-8-13-27)39(23-28-14-11-15-29(36)21-28)34(41)24-40(32-19-18-30(37)20-25(32)2)45(43,44)31-16-9-6-10-17-31/h5-21,26,33H,4,22-24H2,1-3H3,(H,38,42). The average Bonchev–Trinajstić information content (AvgIpc) is 3.02. The number of rotatable bonds is 13. The first-order valence-electron chi connectivity index (χ1n) is 14.7. The van der Waals surface area contributed by atoms with Crippen LogP contribution in [0.15, 0.2) is 108 Å². The van der Waals surface area contributed by atoms with Crippen molar-refractivity contribution in [2.24, 2.45) is 0 Å². The maximum atomic E-state index is 14.5. The SMILES string of the molecule is CCC(C)NC(=O)C(Cc1ccccc1)N(Cc1cccc(Cl)c1)C(=O)CN(c1ccc(Cl)cc1C)S(=O)(=O)c1ccccc1. The van der Waals surface area contributed by atoms with Crippen LogP contribution in [0.4, 0.5) is 5.69 Å². The molecule has 0 bridgehead atoms. The van der Waals surface area contributed by atoms with E-state index in [9.17, 15) is 18.0 Å². The van der Waals surface area contributed by atoms with Crippen LogP contribution in [0.5, 0.6) is 0 Å². The van der Waals surface area contributed by atoms with Crippen molar-refractivity contribution in [2.45, 2.75) is 57.1 Å². The molecule has 0 spiro atoms. The van der Waals surface area contributed by atoms with Gasteiger partial charge >= 0.3 is 0 Å². The van der Waals surface area contributed by atoms with Gasteiger partial charge in [0.25, 0.3) is 10.0 Å². The Hall–Kier alpha value is -3.85. The molecule has 10 heteroatoms. The van der Waals surface area contributed by atoms with Crippen LogP contribution in [0, 0.1) is 6.92 Å². The number of aryl methyl sites for hydroxylation is 1. The topological polar surface area (TPSA) is 86.8 Å². The molecule has 236 valence electrons. The van der Waals surface area contributed by atoms with Gasteiger partial charge in [0, 0.05) is 29.1 Å². The fourth-order valence-corrected chi connectivity index (χ4v) is 6.90. The molecular weight excluding hydrogens is 629 g/mol. The van der Waals surface area contributed by atoms with Gasteiger partial charge in [-0.2, -0.15) is 0 Å². The van der Waals surface area contributed by atoms with E-state index in [1.54, 1.807) is 61.5 Å². The van der Waals surface area contributed by atoms with E-state index in [1.807, 2.05) is 50.2 Å². The van der Waals surface area contributed by atoms with Crippen molar-refractivity contribution in [3.63, 3.8) is 0 Å². The number of sulfonamides is 1. The lowest BCUT2D eigenvalue weighted by atomic mass is 10.0. The molecule has 0 aromatic heterocycles. The van der Waals surface area contributed by atoms with E-state index in [-0.39, 0.29) is 29.8 Å². The molecule has 45 heavy (non-hydrogen) atoms. The highest BCUT2D eigenvalue weighted by atomic mass is 35.5. The summed E-state index contributed by atoms with van der Waals surface area (Å²) in [5.74, 6) is -0.882. The van der Waals surface area contributed by atoms with Gasteiger partial charge in [-0.15, -0.1) is 0 Å². The van der Waals surface area contributed by atoms with Gasteiger partial charge in [-0.1, -0.05) is 90.8 Å². The molecule has 4 aromatic rings. The molecule has 0 radical (unpaired) electrons. The molecule has 2 unspecified atom stereocenters. The fourth-order valence-electron chi connectivity index (χ4n) is 4.96. The number of carbonyl (C=O) groups is 2. The zero-order valence-electron chi connectivity index (χ0n) is 25.5. The molecule has 0 aliphatic rings. The Bertz CT molecular complexity index is 1720. The second kappa shape index (κ2) is 15.4. The van der Waals surface area contributed by atoms with Gasteiger partial charge in [-0.3, -0.25) is 13.9 Å². The highest BCUT2D eigenvalue weighted by Gasteiger charge is 2.35. The second-order valence-electron chi connectivity index (χ2n) is 10.9. The van der Waals surface area contributed by atoms with Crippen LogP contribution in [0.3, 0.4) is 0 Å². The summed E-state index contributed by atoms with van der Waals surface area (Å²) in [6, 6.07) is 28.2. The summed E-state index contributed by atoms with van der Waals surface area (Å²) < 4.78 is 29.4. The molecule has 0 heterocycles. The number of halogens is 2. The maximum Gasteiger partial charge on any atom is 0.264 e. The number of amides is 2. The van der Waals surface area contributed by atoms with Crippen molar-refractivity contribution in [1.29, 1.82) is 0 Å². The van der Waals surface area contributed by atoms with Crippen LogP contribution < -0.4 is 9.62 Å². The Kier molecular flexibility index (Phi) is 11.7. The van der Waals surface area contributed by atoms with Crippen LogP contribution in [-0.4, -0.2) is 43.8 Å². The average molecular weight is 667 g/mol. The highest BCUT2D eigenvalue weighted by molar-refractivity contribution is 7.92. The van der Waals surface area contributed by atoms with Crippen LogP contribution in [0.2, 0.25) is 10.0 Å². The molecule has 4 rings (SSSR count). The molecule has 0 saturated carbocycles. The number of anilines is 1. The van der Waals surface area contributed by atoms with Crippen LogP contribution in [0.25, 0.3) is 0 Å². The Balaban J connectivity index is 1.83. The van der Waals surface area contributed by atoms with E-state index in [2.05, 4.69) is 5.32 Å².